The maximum Gasteiger partial charge on any atom is 0.257 e. The molecule has 0 fully saturated rings. The van der Waals surface area contributed by atoms with Gasteiger partial charge in [0.2, 0.25) is 0 Å². The lowest BCUT2D eigenvalue weighted by Gasteiger charge is -2.16. The zero-order valence-electron chi connectivity index (χ0n) is 16.8. The molecule has 4 rings (SSSR count). The maximum absolute atomic E-state index is 13.3. The van der Waals surface area contributed by atoms with E-state index < -0.39 is 0 Å². The molecule has 29 heavy (non-hydrogen) atoms. The first-order chi connectivity index (χ1) is 14.0. The first-order valence-electron chi connectivity index (χ1n) is 9.70. The molecule has 2 heterocycles. The van der Waals surface area contributed by atoms with Crippen LogP contribution >= 0.6 is 0 Å². The van der Waals surface area contributed by atoms with Crippen LogP contribution in [0.2, 0.25) is 0 Å². The van der Waals surface area contributed by atoms with Crippen LogP contribution in [0.4, 0.5) is 0 Å². The fourth-order valence-corrected chi connectivity index (χ4v) is 3.53. The van der Waals surface area contributed by atoms with Gasteiger partial charge in [0.1, 0.15) is 5.56 Å². The van der Waals surface area contributed by atoms with Crippen molar-refractivity contribution in [3.63, 3.8) is 0 Å². The summed E-state index contributed by atoms with van der Waals surface area (Å²) < 4.78 is 3.77. The first-order valence-corrected chi connectivity index (χ1v) is 9.70. The van der Waals surface area contributed by atoms with E-state index in [1.165, 1.54) is 0 Å². The highest BCUT2D eigenvalue weighted by atomic mass is 16.1. The molecule has 0 saturated heterocycles. The van der Waals surface area contributed by atoms with E-state index in [9.17, 15) is 4.79 Å². The standard InChI is InChI=1S/C24H24N4O/c1-17-10-9-13-21(16-17)28-24(27-14-7-8-15-27)22(19(3)26-28)23(29)25-18(2)20-11-5-4-6-12-20/h4-16,18H,1-3H3,(H,25,29)/t18-/m1/s1. The van der Waals surface area contributed by atoms with Gasteiger partial charge in [0.05, 0.1) is 17.4 Å². The summed E-state index contributed by atoms with van der Waals surface area (Å²) in [4.78, 5) is 13.3. The average molecular weight is 384 g/mol. The zero-order chi connectivity index (χ0) is 20.4. The summed E-state index contributed by atoms with van der Waals surface area (Å²) in [5.41, 5.74) is 4.38. The van der Waals surface area contributed by atoms with Crippen molar-refractivity contribution in [3.05, 3.63) is 102 Å². The SMILES string of the molecule is Cc1cccc(-n2nc(C)c(C(=O)N[C@H](C)c3ccccc3)c2-n2cccc2)c1. The van der Waals surface area contributed by atoms with E-state index in [1.54, 1.807) is 0 Å². The number of carbonyl (C=O) groups is 1. The smallest absolute Gasteiger partial charge is 0.257 e. The number of nitrogens with one attached hydrogen (secondary N) is 1. The van der Waals surface area contributed by atoms with Gasteiger partial charge in [0.15, 0.2) is 5.82 Å². The fraction of sp³-hybridized carbons (Fsp3) is 0.167. The second-order valence-corrected chi connectivity index (χ2v) is 7.23. The van der Waals surface area contributed by atoms with Crippen LogP contribution in [0, 0.1) is 13.8 Å². The van der Waals surface area contributed by atoms with Crippen molar-refractivity contribution in [1.29, 1.82) is 0 Å². The highest BCUT2D eigenvalue weighted by Crippen LogP contribution is 2.24. The van der Waals surface area contributed by atoms with Crippen molar-refractivity contribution in [2.45, 2.75) is 26.8 Å². The van der Waals surface area contributed by atoms with Crippen LogP contribution in [-0.4, -0.2) is 20.3 Å². The van der Waals surface area contributed by atoms with E-state index in [-0.39, 0.29) is 11.9 Å². The van der Waals surface area contributed by atoms with Crippen LogP contribution in [0.5, 0.6) is 0 Å². The molecule has 4 aromatic rings. The number of amides is 1. The Labute approximate surface area is 170 Å². The largest absolute Gasteiger partial charge is 0.345 e. The molecule has 1 atom stereocenters. The minimum atomic E-state index is -0.138. The molecule has 0 unspecified atom stereocenters. The highest BCUT2D eigenvalue weighted by Gasteiger charge is 2.24. The number of hydrogen-bond acceptors (Lipinski definition) is 2. The van der Waals surface area contributed by atoms with Gasteiger partial charge in [-0.2, -0.15) is 5.10 Å². The van der Waals surface area contributed by atoms with Crippen molar-refractivity contribution >= 4 is 5.91 Å². The predicted molar refractivity (Wildman–Crippen MR) is 115 cm³/mol. The van der Waals surface area contributed by atoms with Gasteiger partial charge >= 0.3 is 0 Å². The first kappa shape index (κ1) is 18.7. The number of hydrogen-bond donors (Lipinski definition) is 1. The lowest BCUT2D eigenvalue weighted by Crippen LogP contribution is -2.28. The molecule has 2 aromatic carbocycles. The number of benzene rings is 2. The van der Waals surface area contributed by atoms with Crippen LogP contribution in [0.1, 0.15) is 40.1 Å². The minimum Gasteiger partial charge on any atom is -0.345 e. The number of nitrogens with zero attached hydrogens (tertiary/aromatic N) is 3. The Morgan fingerprint density at radius 2 is 1.69 bits per heavy atom. The van der Waals surface area contributed by atoms with Gasteiger partial charge in [-0.3, -0.25) is 4.79 Å². The molecular weight excluding hydrogens is 360 g/mol. The second-order valence-electron chi connectivity index (χ2n) is 7.23. The summed E-state index contributed by atoms with van der Waals surface area (Å²) >= 11 is 0. The Balaban J connectivity index is 1.78. The molecule has 0 radical (unpaired) electrons. The number of rotatable bonds is 5. The summed E-state index contributed by atoms with van der Waals surface area (Å²) in [7, 11) is 0. The average Bonchev–Trinajstić information content (AvgIpc) is 3.36. The third-order valence-corrected chi connectivity index (χ3v) is 5.01. The van der Waals surface area contributed by atoms with Gasteiger partial charge in [-0.05, 0) is 56.2 Å². The summed E-state index contributed by atoms with van der Waals surface area (Å²) in [6.07, 6.45) is 3.86. The van der Waals surface area contributed by atoms with Gasteiger partial charge in [-0.15, -0.1) is 0 Å². The molecule has 0 aliphatic carbocycles. The molecule has 2 aromatic heterocycles. The number of carbonyl (C=O) groups excluding carboxylic acids is 1. The third-order valence-electron chi connectivity index (χ3n) is 5.01. The van der Waals surface area contributed by atoms with Crippen LogP contribution in [0.15, 0.2) is 79.1 Å². The summed E-state index contributed by atoms with van der Waals surface area (Å²) in [5, 5.41) is 7.84. The van der Waals surface area contributed by atoms with Crippen molar-refractivity contribution in [1.82, 2.24) is 19.7 Å². The lowest BCUT2D eigenvalue weighted by atomic mass is 10.1. The molecule has 5 heteroatoms. The molecule has 1 amide bonds. The minimum absolute atomic E-state index is 0.108. The van der Waals surface area contributed by atoms with E-state index in [1.807, 2.05) is 103 Å². The molecule has 1 N–H and O–H groups in total. The van der Waals surface area contributed by atoms with Crippen LogP contribution in [0.3, 0.4) is 0 Å². The second kappa shape index (κ2) is 7.80. The quantitative estimate of drug-likeness (QED) is 0.539. The van der Waals surface area contributed by atoms with E-state index in [2.05, 4.69) is 11.4 Å². The van der Waals surface area contributed by atoms with Crippen molar-refractivity contribution in [2.24, 2.45) is 0 Å². The molecular formula is C24H24N4O. The van der Waals surface area contributed by atoms with Gasteiger partial charge in [-0.25, -0.2) is 4.68 Å². The fourth-order valence-electron chi connectivity index (χ4n) is 3.53. The Kier molecular flexibility index (Phi) is 5.04. The number of aromatic nitrogens is 3. The monoisotopic (exact) mass is 384 g/mol. The molecule has 0 aliphatic rings. The van der Waals surface area contributed by atoms with Crippen molar-refractivity contribution in [3.8, 4) is 11.5 Å². The molecule has 146 valence electrons. The summed E-state index contributed by atoms with van der Waals surface area (Å²) in [5.74, 6) is 0.595. The maximum atomic E-state index is 13.3. The van der Waals surface area contributed by atoms with E-state index >= 15 is 0 Å². The predicted octanol–water partition coefficient (Wildman–Crippen LogP) is 4.77. The van der Waals surface area contributed by atoms with Gasteiger partial charge in [0.25, 0.3) is 5.91 Å². The third kappa shape index (κ3) is 3.72. The molecule has 0 bridgehead atoms. The highest BCUT2D eigenvalue weighted by molar-refractivity contribution is 5.99. The molecule has 0 saturated carbocycles. The number of aryl methyl sites for hydroxylation is 2. The summed E-state index contributed by atoms with van der Waals surface area (Å²) in [6.45, 7) is 5.91. The normalized spacial score (nSPS) is 12.0. The molecule has 0 spiro atoms. The van der Waals surface area contributed by atoms with E-state index in [0.29, 0.717) is 11.3 Å². The Bertz CT molecular complexity index is 1130. The Morgan fingerprint density at radius 1 is 0.966 bits per heavy atom. The van der Waals surface area contributed by atoms with Crippen LogP contribution in [-0.2, 0) is 0 Å². The van der Waals surface area contributed by atoms with Crippen molar-refractivity contribution in [2.75, 3.05) is 0 Å². The van der Waals surface area contributed by atoms with E-state index in [4.69, 9.17) is 5.10 Å². The molecule has 0 aliphatic heterocycles. The summed E-state index contributed by atoms with van der Waals surface area (Å²) in [6, 6.07) is 21.8. The van der Waals surface area contributed by atoms with Gasteiger partial charge in [0, 0.05) is 12.4 Å². The van der Waals surface area contributed by atoms with Crippen LogP contribution < -0.4 is 5.32 Å². The Morgan fingerprint density at radius 3 is 2.38 bits per heavy atom. The van der Waals surface area contributed by atoms with Gasteiger partial charge < -0.3 is 9.88 Å². The van der Waals surface area contributed by atoms with Crippen molar-refractivity contribution < 1.29 is 4.79 Å². The Hall–Kier alpha value is -3.60. The van der Waals surface area contributed by atoms with E-state index in [0.717, 1.165) is 22.6 Å². The topological polar surface area (TPSA) is 51.9 Å². The van der Waals surface area contributed by atoms with Gasteiger partial charge in [-0.1, -0.05) is 42.5 Å². The zero-order valence-corrected chi connectivity index (χ0v) is 16.8. The lowest BCUT2D eigenvalue weighted by molar-refractivity contribution is 0.0939. The van der Waals surface area contributed by atoms with Crippen LogP contribution in [0.25, 0.3) is 11.5 Å². The molecule has 5 nitrogen and oxygen atoms in total.